The van der Waals surface area contributed by atoms with E-state index in [4.69, 9.17) is 23.7 Å². The molecule has 0 saturated carbocycles. The van der Waals surface area contributed by atoms with E-state index in [9.17, 15) is 34.5 Å². The van der Waals surface area contributed by atoms with Crippen LogP contribution in [-0.4, -0.2) is 89.2 Å². The first-order valence-corrected chi connectivity index (χ1v) is 30.8. The molecule has 1 aliphatic heterocycles. The third-order valence-corrected chi connectivity index (χ3v) is 12.9. The summed E-state index contributed by atoms with van der Waals surface area (Å²) < 4.78 is 28.4. The van der Waals surface area contributed by atoms with E-state index in [1.54, 1.807) is 0 Å². The van der Waals surface area contributed by atoms with Crippen molar-refractivity contribution in [2.45, 2.75) is 250 Å². The lowest BCUT2D eigenvalue weighted by Crippen LogP contribution is -2.61. The van der Waals surface area contributed by atoms with Crippen LogP contribution in [0.15, 0.2) is 146 Å². The highest BCUT2D eigenvalue weighted by atomic mass is 16.7. The zero-order chi connectivity index (χ0) is 58.9. The van der Waals surface area contributed by atoms with Crippen molar-refractivity contribution >= 4 is 23.9 Å². The minimum absolute atomic E-state index is 0.0298. The van der Waals surface area contributed by atoms with Gasteiger partial charge in [-0.2, -0.15) is 0 Å². The number of aliphatic hydroxyl groups excluding tert-OH is 2. The Morgan fingerprint density at radius 2 is 0.753 bits per heavy atom. The van der Waals surface area contributed by atoms with Gasteiger partial charge in [-0.05, 0) is 128 Å². The molecule has 0 aromatic heterocycles. The molecule has 3 N–H and O–H groups in total. The average molecular weight is 1130 g/mol. The Hall–Kier alpha value is -5.40. The number of aliphatic carboxylic acids is 1. The number of carbonyl (C=O) groups is 4. The Bertz CT molecular complexity index is 1960. The predicted molar refractivity (Wildman–Crippen MR) is 330 cm³/mol. The summed E-state index contributed by atoms with van der Waals surface area (Å²) in [4.78, 5) is 51.3. The van der Waals surface area contributed by atoms with Gasteiger partial charge in [0, 0.05) is 19.3 Å². The van der Waals surface area contributed by atoms with Crippen LogP contribution in [0.25, 0.3) is 0 Å². The van der Waals surface area contributed by atoms with Gasteiger partial charge < -0.3 is 39.0 Å². The molecule has 0 bridgehead atoms. The summed E-state index contributed by atoms with van der Waals surface area (Å²) in [5.74, 6) is -3.26. The smallest absolute Gasteiger partial charge is 0.335 e. The molecule has 6 unspecified atom stereocenters. The van der Waals surface area contributed by atoms with Crippen LogP contribution in [-0.2, 0) is 42.9 Å². The van der Waals surface area contributed by atoms with Crippen molar-refractivity contribution in [3.63, 3.8) is 0 Å². The van der Waals surface area contributed by atoms with E-state index in [0.29, 0.717) is 25.7 Å². The van der Waals surface area contributed by atoms with Gasteiger partial charge in [-0.15, -0.1) is 0 Å². The Morgan fingerprint density at radius 3 is 1.16 bits per heavy atom. The fraction of sp³-hybridized carbons (Fsp3) is 0.594. The van der Waals surface area contributed by atoms with E-state index in [0.717, 1.165) is 148 Å². The predicted octanol–water partition coefficient (Wildman–Crippen LogP) is 16.3. The first kappa shape index (κ1) is 73.6. The highest BCUT2D eigenvalue weighted by molar-refractivity contribution is 5.74. The standard InChI is InChI=1S/C69H106O12/c1-4-7-10-13-16-19-22-25-28-31-34-37-40-43-46-49-52-55-61(70)77-58-60(79-62(71)56-53-50-47-44-41-38-35-32-29-26-23-20-17-14-11-8-5-2)59-78-69-67(65(74)64(73)66(81-69)68(75)76)80-63(72)57-54-51-48-45-42-39-36-33-30-27-24-21-18-15-12-9-6-3/h7-12,16-21,25-30,34,36-37,39,45,48,60,64-67,69,73-74H,4-6,13-15,22-24,31-33,35,38,40-44,46-47,49-59H2,1-3H3,(H,75,76)/b10-7-,11-8-,12-9-,19-16-,20-17-,21-18-,28-25-,29-26-,30-27-,37-34-,39-36-,48-45-. The van der Waals surface area contributed by atoms with Gasteiger partial charge in [0.2, 0.25) is 0 Å². The van der Waals surface area contributed by atoms with Crippen molar-refractivity contribution in [1.82, 2.24) is 0 Å². The minimum Gasteiger partial charge on any atom is -0.479 e. The molecule has 454 valence electrons. The molecular formula is C69H106O12. The zero-order valence-electron chi connectivity index (χ0n) is 50.0. The monoisotopic (exact) mass is 1130 g/mol. The molecule has 1 rings (SSSR count). The maximum Gasteiger partial charge on any atom is 0.335 e. The maximum atomic E-state index is 13.2. The van der Waals surface area contributed by atoms with E-state index in [-0.39, 0.29) is 25.9 Å². The summed E-state index contributed by atoms with van der Waals surface area (Å²) in [5, 5.41) is 31.5. The number of allylic oxidation sites excluding steroid dienone is 24. The summed E-state index contributed by atoms with van der Waals surface area (Å²) in [5.41, 5.74) is 0. The molecule has 0 spiro atoms. The molecule has 1 fully saturated rings. The number of esters is 3. The van der Waals surface area contributed by atoms with Crippen LogP contribution in [0.1, 0.15) is 213 Å². The number of carboxylic acids is 1. The largest absolute Gasteiger partial charge is 0.479 e. The van der Waals surface area contributed by atoms with E-state index in [1.807, 2.05) is 12.2 Å². The second-order valence-corrected chi connectivity index (χ2v) is 20.2. The Labute approximate surface area is 489 Å². The summed E-state index contributed by atoms with van der Waals surface area (Å²) in [6, 6.07) is 0. The average Bonchev–Trinajstić information content (AvgIpc) is 3.53. The van der Waals surface area contributed by atoms with Crippen LogP contribution in [0.3, 0.4) is 0 Å². The topological polar surface area (TPSA) is 175 Å². The number of carboxylic acid groups (broad SMARTS) is 1. The lowest BCUT2D eigenvalue weighted by atomic mass is 9.98. The Balaban J connectivity index is 2.75. The third kappa shape index (κ3) is 44.9. The summed E-state index contributed by atoms with van der Waals surface area (Å²) >= 11 is 0. The number of hydrogen-bond donors (Lipinski definition) is 3. The highest BCUT2D eigenvalue weighted by Crippen LogP contribution is 2.26. The molecule has 6 atom stereocenters. The van der Waals surface area contributed by atoms with Gasteiger partial charge in [-0.1, -0.05) is 212 Å². The van der Waals surface area contributed by atoms with E-state index in [2.05, 4.69) is 154 Å². The normalized spacial score (nSPS) is 18.8. The first-order valence-electron chi connectivity index (χ1n) is 30.8. The van der Waals surface area contributed by atoms with Crippen molar-refractivity contribution in [3.8, 4) is 0 Å². The molecule has 81 heavy (non-hydrogen) atoms. The fourth-order valence-electron chi connectivity index (χ4n) is 8.29. The summed E-state index contributed by atoms with van der Waals surface area (Å²) in [6.45, 7) is 5.59. The third-order valence-electron chi connectivity index (χ3n) is 12.9. The summed E-state index contributed by atoms with van der Waals surface area (Å²) in [6.07, 6.45) is 66.7. The van der Waals surface area contributed by atoms with Crippen LogP contribution < -0.4 is 0 Å². The van der Waals surface area contributed by atoms with Crippen molar-refractivity contribution in [3.05, 3.63) is 146 Å². The zero-order valence-corrected chi connectivity index (χ0v) is 50.0. The van der Waals surface area contributed by atoms with Gasteiger partial charge in [0.1, 0.15) is 18.8 Å². The minimum atomic E-state index is -1.94. The quantitative estimate of drug-likeness (QED) is 0.0228. The Morgan fingerprint density at radius 1 is 0.407 bits per heavy atom. The number of aliphatic hydroxyl groups is 2. The molecule has 1 heterocycles. The maximum absolute atomic E-state index is 13.2. The van der Waals surface area contributed by atoms with E-state index in [1.165, 1.54) is 0 Å². The molecule has 0 radical (unpaired) electrons. The van der Waals surface area contributed by atoms with Gasteiger partial charge >= 0.3 is 23.9 Å². The van der Waals surface area contributed by atoms with Gasteiger partial charge in [0.25, 0.3) is 0 Å². The van der Waals surface area contributed by atoms with Crippen molar-refractivity contribution in [2.24, 2.45) is 0 Å². The van der Waals surface area contributed by atoms with Gasteiger partial charge in [0.05, 0.1) is 6.61 Å². The molecule has 1 aliphatic rings. The number of carbonyl (C=O) groups excluding carboxylic acids is 3. The summed E-state index contributed by atoms with van der Waals surface area (Å²) in [7, 11) is 0. The Kier molecular flexibility index (Phi) is 50.1. The van der Waals surface area contributed by atoms with Gasteiger partial charge in [-0.3, -0.25) is 14.4 Å². The lowest BCUT2D eigenvalue weighted by Gasteiger charge is -2.40. The van der Waals surface area contributed by atoms with Crippen LogP contribution in [0.2, 0.25) is 0 Å². The van der Waals surface area contributed by atoms with Crippen LogP contribution in [0.5, 0.6) is 0 Å². The second-order valence-electron chi connectivity index (χ2n) is 20.2. The molecule has 0 aromatic rings. The van der Waals surface area contributed by atoms with Crippen LogP contribution in [0.4, 0.5) is 0 Å². The van der Waals surface area contributed by atoms with Crippen molar-refractivity contribution < 1.29 is 58.2 Å². The second kappa shape index (κ2) is 55.2. The lowest BCUT2D eigenvalue weighted by molar-refractivity contribution is -0.301. The van der Waals surface area contributed by atoms with Crippen molar-refractivity contribution in [1.29, 1.82) is 0 Å². The number of unbranched alkanes of at least 4 members (excludes halogenated alkanes) is 12. The molecular weight excluding hydrogens is 1020 g/mol. The van der Waals surface area contributed by atoms with Crippen LogP contribution in [0, 0.1) is 0 Å². The molecule has 0 amide bonds. The first-order chi connectivity index (χ1) is 39.6. The van der Waals surface area contributed by atoms with Crippen LogP contribution >= 0.6 is 0 Å². The number of ether oxygens (including phenoxy) is 5. The molecule has 1 saturated heterocycles. The molecule has 12 heteroatoms. The van der Waals surface area contributed by atoms with E-state index >= 15 is 0 Å². The number of rotatable bonds is 50. The molecule has 0 aliphatic carbocycles. The highest BCUT2D eigenvalue weighted by Gasteiger charge is 2.50. The number of hydrogen-bond acceptors (Lipinski definition) is 11. The molecule has 12 nitrogen and oxygen atoms in total. The van der Waals surface area contributed by atoms with E-state index < -0.39 is 67.3 Å². The van der Waals surface area contributed by atoms with Crippen molar-refractivity contribution in [2.75, 3.05) is 13.2 Å². The SMILES string of the molecule is CC/C=C\C/C=C\C/C=C\C/C=C\C/C=C\CCCC(=O)OC1C(OCC(COC(=O)CCCCCC/C=C\C/C=C\C/C=C\C/C=C\CC)OC(=O)CCCCCCCCC/C=C\C/C=C\C/C=C\CC)OC(C(=O)O)C(O)C1O. The van der Waals surface area contributed by atoms with Gasteiger partial charge in [0.15, 0.2) is 24.6 Å². The fourth-order valence-corrected chi connectivity index (χ4v) is 8.29. The van der Waals surface area contributed by atoms with Gasteiger partial charge in [-0.25, -0.2) is 4.79 Å². The molecule has 0 aromatic carbocycles.